The monoisotopic (exact) mass is 390 g/mol. The Morgan fingerprint density at radius 2 is 1.23 bits per heavy atom. The maximum absolute atomic E-state index is 5.81. The Morgan fingerprint density at radius 1 is 0.864 bits per heavy atom. The smallest absolute Gasteiger partial charge is 0.146 e. The van der Waals surface area contributed by atoms with Gasteiger partial charge in [0, 0.05) is 0 Å². The zero-order chi connectivity index (χ0) is 16.9. The fourth-order valence-electron chi connectivity index (χ4n) is 2.57. The van der Waals surface area contributed by atoms with Gasteiger partial charge in [-0.3, -0.25) is 0 Å². The van der Waals surface area contributed by atoms with Crippen molar-refractivity contribution in [2.24, 2.45) is 0 Å². The van der Waals surface area contributed by atoms with E-state index >= 15 is 0 Å². The van der Waals surface area contributed by atoms with E-state index in [1.807, 2.05) is 13.8 Å². The first kappa shape index (κ1) is 20.5. The average Bonchev–Trinajstić information content (AvgIpc) is 2.93. The van der Waals surface area contributed by atoms with E-state index in [4.69, 9.17) is 22.2 Å². The van der Waals surface area contributed by atoms with Crippen LogP contribution < -0.4 is 0 Å². The summed E-state index contributed by atoms with van der Waals surface area (Å²) in [4.78, 5) is 0. The van der Waals surface area contributed by atoms with Gasteiger partial charge in [0.25, 0.3) is 6.69 Å². The van der Waals surface area contributed by atoms with Crippen LogP contribution in [-0.2, 0) is 19.2 Å². The maximum Gasteiger partial charge on any atom is 0.250 e. The van der Waals surface area contributed by atoms with Crippen LogP contribution in [0, 0.1) is 0 Å². The van der Waals surface area contributed by atoms with Gasteiger partial charge in [0.05, 0.1) is 0 Å². The van der Waals surface area contributed by atoms with Gasteiger partial charge in [-0.15, -0.1) is 22.2 Å². The molecule has 0 nitrogen and oxygen atoms in total. The van der Waals surface area contributed by atoms with Crippen molar-refractivity contribution in [2.45, 2.75) is 66.5 Å². The topological polar surface area (TPSA) is 0 Å². The van der Waals surface area contributed by atoms with Gasteiger partial charge in [-0.2, -0.15) is 0 Å². The fourth-order valence-corrected chi connectivity index (χ4v) is 5.63. The van der Waals surface area contributed by atoms with Gasteiger partial charge in [-0.25, -0.2) is 0 Å². The molecule has 4 heteroatoms. The van der Waals surface area contributed by atoms with Crippen LogP contribution in [0.3, 0.4) is 0 Å². The summed E-state index contributed by atoms with van der Waals surface area (Å²) < 4.78 is 3.51. The molecule has 0 aromatic rings. The van der Waals surface area contributed by atoms with Gasteiger partial charge >= 0.3 is 102 Å². The first-order valence-corrected chi connectivity index (χ1v) is 14.1. The summed E-state index contributed by atoms with van der Waals surface area (Å²) in [5, 5.41) is 0. The molecule has 122 valence electrons. The predicted molar refractivity (Wildman–Crippen MR) is 101 cm³/mol. The van der Waals surface area contributed by atoms with Crippen LogP contribution in [0.15, 0.2) is 42.2 Å². The van der Waals surface area contributed by atoms with Crippen molar-refractivity contribution in [1.29, 1.82) is 0 Å². The molecule has 2 aliphatic rings. The van der Waals surface area contributed by atoms with Crippen molar-refractivity contribution in [1.82, 2.24) is 0 Å². The molecule has 0 aromatic carbocycles. The molecule has 0 aliphatic heterocycles. The molecule has 0 bridgehead atoms. The van der Waals surface area contributed by atoms with Crippen LogP contribution in [0.2, 0.25) is 12.1 Å². The number of hydrogen-bond donors (Lipinski definition) is 0. The van der Waals surface area contributed by atoms with Gasteiger partial charge in [-0.1, -0.05) is 13.8 Å². The summed E-state index contributed by atoms with van der Waals surface area (Å²) in [6.45, 7) is 11.4. The molecule has 0 saturated heterocycles. The van der Waals surface area contributed by atoms with E-state index in [9.17, 15) is 0 Å². The van der Waals surface area contributed by atoms with E-state index in [2.05, 4.69) is 39.8 Å². The Labute approximate surface area is 156 Å². The molecular formula is C18H28Cl2SiTi. The molecule has 0 radical (unpaired) electrons. The van der Waals surface area contributed by atoms with Crippen LogP contribution >= 0.6 is 22.2 Å². The molecular weight excluding hydrogens is 363 g/mol. The van der Waals surface area contributed by atoms with Crippen LogP contribution in [0.1, 0.15) is 54.4 Å². The summed E-state index contributed by atoms with van der Waals surface area (Å²) in [5.41, 5.74) is 6.20. The molecule has 0 N–H and O–H groups in total. The Balaban J connectivity index is 0.000000295. The summed E-state index contributed by atoms with van der Waals surface area (Å²) in [5.74, 6) is 0. The maximum atomic E-state index is 5.81. The van der Waals surface area contributed by atoms with Crippen LogP contribution in [0.25, 0.3) is 0 Å². The molecule has 0 fully saturated rings. The van der Waals surface area contributed by atoms with Gasteiger partial charge in [-0.05, 0) is 12.1 Å². The summed E-state index contributed by atoms with van der Waals surface area (Å²) in [6.07, 6.45) is 7.23. The van der Waals surface area contributed by atoms with Crippen molar-refractivity contribution < 1.29 is 19.2 Å². The van der Waals surface area contributed by atoms with Crippen LogP contribution in [-0.4, -0.2) is 6.69 Å². The normalized spacial score (nSPS) is 18.2. The Kier molecular flexibility index (Phi) is 8.47. The number of rotatable bonds is 4. The molecule has 2 rings (SSSR count). The minimum absolute atomic E-state index is 0.00593. The summed E-state index contributed by atoms with van der Waals surface area (Å²) in [7, 11) is 0. The molecule has 0 amide bonds. The molecule has 0 unspecified atom stereocenters. The Hall–Kier alpha value is 0.471. The zero-order valence-electron chi connectivity index (χ0n) is 14.7. The van der Waals surface area contributed by atoms with Crippen molar-refractivity contribution in [3.05, 3.63) is 42.2 Å². The van der Waals surface area contributed by atoms with Crippen LogP contribution in [0.4, 0.5) is 0 Å². The third kappa shape index (κ3) is 6.53. The number of hydrogen-bond acceptors (Lipinski definition) is 0. The molecule has 2 aliphatic carbocycles. The van der Waals surface area contributed by atoms with E-state index in [0.29, 0.717) is 0 Å². The molecule has 22 heavy (non-hydrogen) atoms. The van der Waals surface area contributed by atoms with Gasteiger partial charge < -0.3 is 0 Å². The molecule has 0 aromatic heterocycles. The average molecular weight is 391 g/mol. The zero-order valence-corrected chi connectivity index (χ0v) is 18.8. The summed E-state index contributed by atoms with van der Waals surface area (Å²) in [6, 6.07) is 1.93. The van der Waals surface area contributed by atoms with E-state index in [1.54, 1.807) is 30.0 Å². The van der Waals surface area contributed by atoms with Crippen molar-refractivity contribution in [2.75, 3.05) is 0 Å². The first-order chi connectivity index (χ1) is 10.2. The predicted octanol–water partition coefficient (Wildman–Crippen LogP) is 7.26. The third-order valence-corrected chi connectivity index (χ3v) is 12.1. The van der Waals surface area contributed by atoms with Crippen molar-refractivity contribution >= 4 is 28.9 Å². The largest absolute Gasteiger partial charge is 0.250 e. The minimum atomic E-state index is -1.71. The van der Waals surface area contributed by atoms with Crippen molar-refractivity contribution in [3.63, 3.8) is 0 Å². The second-order valence-electron chi connectivity index (χ2n) is 6.35. The van der Waals surface area contributed by atoms with Gasteiger partial charge in [0.15, 0.2) is 0 Å². The first-order valence-electron chi connectivity index (χ1n) is 8.07. The summed E-state index contributed by atoms with van der Waals surface area (Å²) >= 11 is 11.6. The third-order valence-electron chi connectivity index (χ3n) is 4.13. The Bertz CT molecular complexity index is 493. The Morgan fingerprint density at radius 3 is 1.41 bits per heavy atom. The van der Waals surface area contributed by atoms with E-state index in [1.165, 1.54) is 12.8 Å². The molecule has 0 atom stereocenters. The van der Waals surface area contributed by atoms with Gasteiger partial charge in [0.2, 0.25) is 0 Å². The van der Waals surface area contributed by atoms with E-state index < -0.39 is 6.69 Å². The van der Waals surface area contributed by atoms with Crippen molar-refractivity contribution in [3.8, 4) is 0 Å². The fraction of sp³-hybridized carbons (Fsp3) is 0.556. The number of allylic oxidation sites excluding steroid dienone is 8. The second-order valence-corrected chi connectivity index (χ2v) is 16.7. The van der Waals surface area contributed by atoms with Gasteiger partial charge in [0.1, 0.15) is 0 Å². The number of halogens is 2. The molecule has 0 saturated carbocycles. The SMILES string of the molecule is CC1=CC(C)=[C]([Ti][C]2=C(C)C=C(C)C2)C1.CC[Si](Cl)(Cl)CC. The second kappa shape index (κ2) is 9.08. The van der Waals surface area contributed by atoms with E-state index in [0.717, 1.165) is 12.1 Å². The standard InChI is InChI=1S/2C7H9.C4H10Cl2Si.Ti/c2*1-6-3-4-7(2)5-6;1-3-7(5,6)4-2;/h2*5H,3H2,1-2H3;3-4H2,1-2H3;. The minimum Gasteiger partial charge on any atom is -0.146 e. The quantitative estimate of drug-likeness (QED) is 0.349. The van der Waals surface area contributed by atoms with E-state index in [-0.39, 0.29) is 19.2 Å². The molecule has 0 spiro atoms. The van der Waals surface area contributed by atoms with Crippen LogP contribution in [0.5, 0.6) is 0 Å². The molecule has 0 heterocycles.